The summed E-state index contributed by atoms with van der Waals surface area (Å²) in [4.78, 5) is 12.5. The van der Waals surface area contributed by atoms with Crippen LogP contribution >= 0.6 is 15.9 Å². The maximum absolute atomic E-state index is 12.5. The lowest BCUT2D eigenvalue weighted by molar-refractivity contribution is 0.104. The smallest absolute Gasteiger partial charge is 0.216 e. The molecule has 0 aromatic heterocycles. The fraction of sp³-hybridized carbons (Fsp3) is 0.118. The highest BCUT2D eigenvalue weighted by Crippen LogP contribution is 2.37. The highest BCUT2D eigenvalue weighted by Gasteiger charge is 2.30. The van der Waals surface area contributed by atoms with E-state index in [0.29, 0.717) is 0 Å². The summed E-state index contributed by atoms with van der Waals surface area (Å²) in [5, 5.41) is 0. The number of carbonyl (C=O) groups is 1. The van der Waals surface area contributed by atoms with Crippen molar-refractivity contribution in [2.75, 3.05) is 13.0 Å². The Bertz CT molecular complexity index is 930. The summed E-state index contributed by atoms with van der Waals surface area (Å²) in [6.07, 6.45) is 3.04. The minimum Gasteiger partial charge on any atom is -0.496 e. The van der Waals surface area contributed by atoms with Gasteiger partial charge in [-0.3, -0.25) is 4.79 Å². The van der Waals surface area contributed by atoms with E-state index in [1.165, 1.54) is 25.3 Å². The molecule has 2 aromatic rings. The first-order valence-corrected chi connectivity index (χ1v) is 9.41. The zero-order valence-electron chi connectivity index (χ0n) is 12.7. The van der Waals surface area contributed by atoms with Crippen LogP contribution in [0.3, 0.4) is 0 Å². The van der Waals surface area contributed by atoms with Crippen LogP contribution in [0.5, 0.6) is 11.5 Å². The Hall–Kier alpha value is -2.12. The first-order valence-electron chi connectivity index (χ1n) is 6.96. The lowest BCUT2D eigenvalue weighted by atomic mass is 10.1. The van der Waals surface area contributed by atoms with Gasteiger partial charge in [-0.1, -0.05) is 34.1 Å². The SMILES string of the molecule is COc1cc2c(cc1C(=O)C=Cc1ccc(Br)cc1)S(=O)(=O)CO2. The number of sulfone groups is 1. The number of methoxy groups -OCH3 is 1. The monoisotopic (exact) mass is 408 g/mol. The molecule has 2 aromatic carbocycles. The molecule has 0 radical (unpaired) electrons. The van der Waals surface area contributed by atoms with E-state index >= 15 is 0 Å². The average molecular weight is 409 g/mol. The zero-order chi connectivity index (χ0) is 17.3. The van der Waals surface area contributed by atoms with E-state index in [-0.39, 0.29) is 27.7 Å². The fourth-order valence-corrected chi connectivity index (χ4v) is 3.69. The largest absolute Gasteiger partial charge is 0.496 e. The molecule has 0 saturated carbocycles. The van der Waals surface area contributed by atoms with Crippen LogP contribution in [0.1, 0.15) is 15.9 Å². The van der Waals surface area contributed by atoms with Gasteiger partial charge in [0.25, 0.3) is 0 Å². The Morgan fingerprint density at radius 3 is 2.62 bits per heavy atom. The van der Waals surface area contributed by atoms with Crippen LogP contribution in [0.2, 0.25) is 0 Å². The zero-order valence-corrected chi connectivity index (χ0v) is 15.1. The average Bonchev–Trinajstić information content (AvgIpc) is 2.87. The van der Waals surface area contributed by atoms with E-state index in [1.54, 1.807) is 6.08 Å². The minimum atomic E-state index is -3.52. The van der Waals surface area contributed by atoms with E-state index in [4.69, 9.17) is 9.47 Å². The molecule has 1 aliphatic heterocycles. The van der Waals surface area contributed by atoms with Gasteiger partial charge in [0.1, 0.15) is 16.4 Å². The van der Waals surface area contributed by atoms with Gasteiger partial charge in [-0.15, -0.1) is 0 Å². The van der Waals surface area contributed by atoms with Gasteiger partial charge in [-0.2, -0.15) is 0 Å². The van der Waals surface area contributed by atoms with Crippen molar-refractivity contribution >= 4 is 37.6 Å². The number of fused-ring (bicyclic) bond motifs is 1. The lowest BCUT2D eigenvalue weighted by Gasteiger charge is -2.07. The Balaban J connectivity index is 1.96. The molecule has 0 aliphatic carbocycles. The number of allylic oxidation sites excluding steroid dienone is 1. The number of rotatable bonds is 4. The molecule has 124 valence electrons. The van der Waals surface area contributed by atoms with Gasteiger partial charge in [0.2, 0.25) is 9.84 Å². The van der Waals surface area contributed by atoms with Gasteiger partial charge in [0.15, 0.2) is 11.7 Å². The molecule has 0 spiro atoms. The molecule has 0 N–H and O–H groups in total. The molecular weight excluding hydrogens is 396 g/mol. The molecular formula is C17H13BrO5S. The van der Waals surface area contributed by atoms with Crippen molar-refractivity contribution in [1.82, 2.24) is 0 Å². The lowest BCUT2D eigenvalue weighted by Crippen LogP contribution is -2.03. The number of hydrogen-bond donors (Lipinski definition) is 0. The highest BCUT2D eigenvalue weighted by molar-refractivity contribution is 9.10. The first-order chi connectivity index (χ1) is 11.4. The van der Waals surface area contributed by atoms with Gasteiger partial charge in [0, 0.05) is 10.5 Å². The van der Waals surface area contributed by atoms with E-state index < -0.39 is 15.8 Å². The summed E-state index contributed by atoms with van der Waals surface area (Å²) in [7, 11) is -2.10. The molecule has 1 aliphatic rings. The van der Waals surface area contributed by atoms with Crippen LogP contribution in [-0.4, -0.2) is 27.2 Å². The number of benzene rings is 2. The molecule has 0 unspecified atom stereocenters. The molecule has 3 rings (SSSR count). The molecule has 5 nitrogen and oxygen atoms in total. The van der Waals surface area contributed by atoms with Gasteiger partial charge < -0.3 is 9.47 Å². The number of ether oxygens (including phenoxy) is 2. The first kappa shape index (κ1) is 16.7. The van der Waals surface area contributed by atoms with Gasteiger partial charge in [-0.05, 0) is 29.8 Å². The Morgan fingerprint density at radius 2 is 1.96 bits per heavy atom. The van der Waals surface area contributed by atoms with Crippen molar-refractivity contribution in [2.24, 2.45) is 0 Å². The predicted molar refractivity (Wildman–Crippen MR) is 93.2 cm³/mol. The molecule has 0 bridgehead atoms. The Kier molecular flexibility index (Phi) is 4.47. The molecule has 0 amide bonds. The van der Waals surface area contributed by atoms with Crippen molar-refractivity contribution in [3.05, 3.63) is 58.1 Å². The summed E-state index contributed by atoms with van der Waals surface area (Å²) < 4.78 is 35.1. The summed E-state index contributed by atoms with van der Waals surface area (Å²) in [5.41, 5.74) is 1.03. The standard InChI is InChI=1S/C17H13BrO5S/c1-22-15-9-16-17(24(20,21)10-23-16)8-13(15)14(19)7-4-11-2-5-12(18)6-3-11/h2-9H,10H2,1H3. The second-order valence-electron chi connectivity index (χ2n) is 5.13. The van der Waals surface area contributed by atoms with Crippen LogP contribution in [0.4, 0.5) is 0 Å². The molecule has 0 atom stereocenters. The van der Waals surface area contributed by atoms with Gasteiger partial charge in [0.05, 0.1) is 12.7 Å². The third-order valence-electron chi connectivity index (χ3n) is 3.53. The number of ketones is 1. The second-order valence-corrected chi connectivity index (χ2v) is 7.95. The normalized spacial score (nSPS) is 15.1. The van der Waals surface area contributed by atoms with Crippen molar-refractivity contribution in [1.29, 1.82) is 0 Å². The van der Waals surface area contributed by atoms with Crippen LogP contribution in [0.25, 0.3) is 6.08 Å². The maximum atomic E-state index is 12.5. The van der Waals surface area contributed by atoms with Crippen LogP contribution in [-0.2, 0) is 9.84 Å². The van der Waals surface area contributed by atoms with E-state index in [1.807, 2.05) is 24.3 Å². The van der Waals surface area contributed by atoms with E-state index in [2.05, 4.69) is 15.9 Å². The Labute approximate surface area is 147 Å². The fourth-order valence-electron chi connectivity index (χ4n) is 2.30. The van der Waals surface area contributed by atoms with Crippen LogP contribution in [0, 0.1) is 0 Å². The minimum absolute atomic E-state index is 0.0173. The topological polar surface area (TPSA) is 69.7 Å². The Morgan fingerprint density at radius 1 is 1.25 bits per heavy atom. The molecule has 0 saturated heterocycles. The third-order valence-corrected chi connectivity index (χ3v) is 5.48. The van der Waals surface area contributed by atoms with Crippen molar-refractivity contribution in [2.45, 2.75) is 4.90 Å². The molecule has 24 heavy (non-hydrogen) atoms. The highest BCUT2D eigenvalue weighted by atomic mass is 79.9. The third kappa shape index (κ3) is 3.22. The maximum Gasteiger partial charge on any atom is 0.216 e. The summed E-state index contributed by atoms with van der Waals surface area (Å²) in [6.45, 7) is 0. The van der Waals surface area contributed by atoms with Crippen molar-refractivity contribution in [3.63, 3.8) is 0 Å². The number of carbonyl (C=O) groups excluding carboxylic acids is 1. The predicted octanol–water partition coefficient (Wildman–Crippen LogP) is 3.48. The summed E-state index contributed by atoms with van der Waals surface area (Å²) >= 11 is 3.34. The second kappa shape index (κ2) is 6.41. The van der Waals surface area contributed by atoms with Crippen LogP contribution < -0.4 is 9.47 Å². The van der Waals surface area contributed by atoms with Crippen molar-refractivity contribution < 1.29 is 22.7 Å². The summed E-state index contributed by atoms with van der Waals surface area (Å²) in [5.74, 6) is -0.283. The number of halogens is 1. The van der Waals surface area contributed by atoms with E-state index in [0.717, 1.165) is 10.0 Å². The summed E-state index contributed by atoms with van der Waals surface area (Å²) in [6, 6.07) is 10.2. The molecule has 0 fully saturated rings. The van der Waals surface area contributed by atoms with Crippen molar-refractivity contribution in [3.8, 4) is 11.5 Å². The molecule has 1 heterocycles. The van der Waals surface area contributed by atoms with Crippen LogP contribution in [0.15, 0.2) is 51.8 Å². The quantitative estimate of drug-likeness (QED) is 0.571. The van der Waals surface area contributed by atoms with Gasteiger partial charge in [-0.25, -0.2) is 8.42 Å². The number of hydrogen-bond acceptors (Lipinski definition) is 5. The van der Waals surface area contributed by atoms with Gasteiger partial charge >= 0.3 is 0 Å². The van der Waals surface area contributed by atoms with E-state index in [9.17, 15) is 13.2 Å². The molecule has 7 heteroatoms.